The van der Waals surface area contributed by atoms with Crippen molar-refractivity contribution in [1.82, 2.24) is 0 Å². The Morgan fingerprint density at radius 2 is 1.33 bits per heavy atom. The molecule has 0 heterocycles. The summed E-state index contributed by atoms with van der Waals surface area (Å²) in [6.45, 7) is 14.4. The Morgan fingerprint density at radius 1 is 0.821 bits per heavy atom. The summed E-state index contributed by atoms with van der Waals surface area (Å²) in [6, 6.07) is 2.82. The van der Waals surface area contributed by atoms with Crippen LogP contribution in [-0.4, -0.2) is 53.7 Å². The number of carbonyl (C=O) groups is 4. The van der Waals surface area contributed by atoms with Crippen LogP contribution in [0.5, 0.6) is 11.5 Å². The van der Waals surface area contributed by atoms with Crippen molar-refractivity contribution in [3.8, 4) is 11.5 Å². The third-order valence-electron chi connectivity index (χ3n) is 6.32. The monoisotopic (exact) mass is 553 g/mol. The molecule has 0 aliphatic rings. The van der Waals surface area contributed by atoms with Gasteiger partial charge in [-0.05, 0) is 63.1 Å². The molecule has 1 aromatic carbocycles. The van der Waals surface area contributed by atoms with Gasteiger partial charge in [-0.3, -0.25) is 9.59 Å². The van der Waals surface area contributed by atoms with Crippen LogP contribution in [0.25, 0.3) is 0 Å². The van der Waals surface area contributed by atoms with Crippen molar-refractivity contribution in [2.75, 3.05) is 0 Å². The van der Waals surface area contributed by atoms with Crippen molar-refractivity contribution in [2.24, 2.45) is 17.6 Å². The van der Waals surface area contributed by atoms with Crippen molar-refractivity contribution in [1.29, 1.82) is 0 Å². The molecule has 1 rings (SSSR count). The Labute approximate surface area is 230 Å². The first-order chi connectivity index (χ1) is 18.2. The highest BCUT2D eigenvalue weighted by Gasteiger charge is 2.30. The van der Waals surface area contributed by atoms with Crippen molar-refractivity contribution in [3.05, 3.63) is 23.8 Å². The topological polar surface area (TPSA) is 161 Å². The molecule has 0 radical (unpaired) electrons. The van der Waals surface area contributed by atoms with Crippen LogP contribution in [0.4, 0.5) is 9.59 Å². The number of aliphatic carboxylic acids is 1. The summed E-state index contributed by atoms with van der Waals surface area (Å²) in [7, 11) is 0. The summed E-state index contributed by atoms with van der Waals surface area (Å²) in [4.78, 5) is 48.7. The maximum absolute atomic E-state index is 12.5. The molecule has 0 aromatic heterocycles. The maximum Gasteiger partial charge on any atom is 0.514 e. The highest BCUT2D eigenvalue weighted by Crippen LogP contribution is 2.35. The predicted octanol–water partition coefficient (Wildman–Crippen LogP) is 5.42. The van der Waals surface area contributed by atoms with Crippen LogP contribution >= 0.6 is 0 Å². The van der Waals surface area contributed by atoms with Gasteiger partial charge in [0.2, 0.25) is 0 Å². The van der Waals surface area contributed by atoms with Crippen LogP contribution in [0.1, 0.15) is 86.1 Å². The zero-order chi connectivity index (χ0) is 29.9. The van der Waals surface area contributed by atoms with E-state index in [2.05, 4.69) is 0 Å². The van der Waals surface area contributed by atoms with Crippen LogP contribution in [0.15, 0.2) is 18.2 Å². The molecule has 0 bridgehead atoms. The molecule has 0 saturated heterocycles. The number of benzene rings is 1. The molecule has 1 aromatic rings. The number of esters is 1. The molecule has 5 atom stereocenters. The smallest absolute Gasteiger partial charge is 0.480 e. The number of rotatable bonds is 14. The zero-order valence-corrected chi connectivity index (χ0v) is 24.1. The fraction of sp³-hybridized carbons (Fsp3) is 0.643. The molecular formula is C28H43NO10. The Kier molecular flexibility index (Phi) is 13.8. The Hall–Kier alpha value is -3.34. The maximum atomic E-state index is 12.5. The van der Waals surface area contributed by atoms with Gasteiger partial charge in [0.15, 0.2) is 11.5 Å². The van der Waals surface area contributed by atoms with Crippen LogP contribution < -0.4 is 15.2 Å². The largest absolute Gasteiger partial charge is 0.514 e. The average Bonchev–Trinajstić information content (AvgIpc) is 2.82. The van der Waals surface area contributed by atoms with Gasteiger partial charge < -0.3 is 34.5 Å². The number of nitrogens with two attached hydrogens (primary N) is 1. The molecule has 0 aliphatic carbocycles. The minimum atomic E-state index is -1.37. The van der Waals surface area contributed by atoms with Crippen molar-refractivity contribution in [2.45, 2.75) is 105 Å². The summed E-state index contributed by atoms with van der Waals surface area (Å²) >= 11 is 0. The summed E-state index contributed by atoms with van der Waals surface area (Å²) < 4.78 is 26.6. The lowest BCUT2D eigenvalue weighted by Crippen LogP contribution is -2.38. The molecule has 11 heteroatoms. The zero-order valence-electron chi connectivity index (χ0n) is 24.1. The van der Waals surface area contributed by atoms with Gasteiger partial charge in [-0.2, -0.15) is 0 Å². The summed E-state index contributed by atoms with van der Waals surface area (Å²) in [5.74, 6) is -2.80. The molecule has 39 heavy (non-hydrogen) atoms. The number of ether oxygens (including phenoxy) is 5. The number of carboxylic acid groups (broad SMARTS) is 1. The highest BCUT2D eigenvalue weighted by atomic mass is 16.7. The molecule has 0 aliphatic heterocycles. The molecule has 220 valence electrons. The van der Waals surface area contributed by atoms with Crippen molar-refractivity contribution >= 4 is 24.2 Å². The first-order valence-corrected chi connectivity index (χ1v) is 13.2. The Bertz CT molecular complexity index is 977. The molecular weight excluding hydrogens is 510 g/mol. The quantitative estimate of drug-likeness (QED) is 0.172. The van der Waals surface area contributed by atoms with E-state index in [0.717, 1.165) is 0 Å². The van der Waals surface area contributed by atoms with Crippen LogP contribution in [0.2, 0.25) is 0 Å². The van der Waals surface area contributed by atoms with Gasteiger partial charge >= 0.3 is 24.2 Å². The molecule has 3 N–H and O–H groups in total. The van der Waals surface area contributed by atoms with E-state index >= 15 is 0 Å². The van der Waals surface area contributed by atoms with Gasteiger partial charge in [0.1, 0.15) is 18.2 Å². The molecule has 11 nitrogen and oxygen atoms in total. The highest BCUT2D eigenvalue weighted by molar-refractivity contribution is 5.75. The average molecular weight is 554 g/mol. The third kappa shape index (κ3) is 11.5. The predicted molar refractivity (Wildman–Crippen MR) is 143 cm³/mol. The molecule has 0 fully saturated rings. The van der Waals surface area contributed by atoms with E-state index in [1.54, 1.807) is 20.8 Å². The Balaban J connectivity index is 3.38. The first kappa shape index (κ1) is 33.7. The van der Waals surface area contributed by atoms with E-state index in [1.807, 2.05) is 34.6 Å². The number of carbonyl (C=O) groups excluding carboxylic acids is 3. The molecule has 0 spiro atoms. The van der Waals surface area contributed by atoms with E-state index in [0.29, 0.717) is 12.0 Å². The lowest BCUT2D eigenvalue weighted by atomic mass is 9.87. The van der Waals surface area contributed by atoms with E-state index in [9.17, 15) is 24.3 Å². The SMILES string of the molecule is CCCC(=O)OC(C)CC(c1ccc(OC(=O)OC(C)C(C)C)c(OC(=O)OC(C)C(C)C)c1)[C@H](N)C(=O)O. The Morgan fingerprint density at radius 3 is 1.79 bits per heavy atom. The van der Waals surface area contributed by atoms with E-state index in [-0.39, 0.29) is 36.2 Å². The number of hydrogen-bond acceptors (Lipinski definition) is 10. The summed E-state index contributed by atoms with van der Waals surface area (Å²) in [5.41, 5.74) is 6.37. The van der Waals surface area contributed by atoms with E-state index in [4.69, 9.17) is 29.4 Å². The first-order valence-electron chi connectivity index (χ1n) is 13.2. The standard InChI is InChI=1S/C28H43NO10/c1-9-10-24(30)35-17(6)13-21(25(29)26(31)32)20-11-12-22(38-27(33)36-18(7)15(2)3)23(14-20)39-28(34)37-19(8)16(4)5/h11-12,14-19,21,25H,9-10,13,29H2,1-8H3,(H,31,32)/t17?,18?,19?,21?,25-/m0/s1. The van der Waals surface area contributed by atoms with Gasteiger partial charge in [-0.1, -0.05) is 40.7 Å². The lowest BCUT2D eigenvalue weighted by Gasteiger charge is -2.25. The molecule has 0 saturated carbocycles. The van der Waals surface area contributed by atoms with Gasteiger partial charge in [0.05, 0.1) is 6.10 Å². The van der Waals surface area contributed by atoms with Crippen molar-refractivity contribution < 1.29 is 48.0 Å². The second-order valence-electron chi connectivity index (χ2n) is 10.3. The second kappa shape index (κ2) is 15.9. The van der Waals surface area contributed by atoms with Gasteiger partial charge in [0, 0.05) is 12.3 Å². The van der Waals surface area contributed by atoms with Crippen LogP contribution in [-0.2, 0) is 23.8 Å². The minimum absolute atomic E-state index is 0.0157. The van der Waals surface area contributed by atoms with E-state index in [1.165, 1.54) is 18.2 Å². The van der Waals surface area contributed by atoms with Gasteiger partial charge in [-0.25, -0.2) is 9.59 Å². The molecule has 0 amide bonds. The van der Waals surface area contributed by atoms with Crippen LogP contribution in [0, 0.1) is 11.8 Å². The van der Waals surface area contributed by atoms with Gasteiger partial charge in [-0.15, -0.1) is 0 Å². The third-order valence-corrected chi connectivity index (χ3v) is 6.32. The summed E-state index contributed by atoms with van der Waals surface area (Å²) in [5, 5.41) is 9.64. The summed E-state index contributed by atoms with van der Waals surface area (Å²) in [6.07, 6.45) is -2.69. The number of carboxylic acids is 1. The normalized spacial score (nSPS) is 15.1. The van der Waals surface area contributed by atoms with E-state index < -0.39 is 54.5 Å². The van der Waals surface area contributed by atoms with Crippen LogP contribution in [0.3, 0.4) is 0 Å². The van der Waals surface area contributed by atoms with Gasteiger partial charge in [0.25, 0.3) is 0 Å². The fourth-order valence-corrected chi connectivity index (χ4v) is 3.28. The molecule has 4 unspecified atom stereocenters. The number of hydrogen-bond donors (Lipinski definition) is 2. The van der Waals surface area contributed by atoms with Crippen molar-refractivity contribution in [3.63, 3.8) is 0 Å². The fourth-order valence-electron chi connectivity index (χ4n) is 3.28. The lowest BCUT2D eigenvalue weighted by molar-refractivity contribution is -0.148. The minimum Gasteiger partial charge on any atom is -0.480 e. The second-order valence-corrected chi connectivity index (χ2v) is 10.3.